The van der Waals surface area contributed by atoms with E-state index in [2.05, 4.69) is 15.2 Å². The predicted octanol–water partition coefficient (Wildman–Crippen LogP) is 0.314. The van der Waals surface area contributed by atoms with Gasteiger partial charge in [-0.1, -0.05) is 11.8 Å². The molecule has 0 atom stereocenters. The highest BCUT2D eigenvalue weighted by atomic mass is 32.2. The minimum absolute atomic E-state index is 0.603. The minimum Gasteiger partial charge on any atom is -0.376 e. The van der Waals surface area contributed by atoms with Gasteiger partial charge in [-0.25, -0.2) is 4.98 Å². The number of nitrogens with zero attached hydrogens (tertiary/aromatic N) is 2. The van der Waals surface area contributed by atoms with E-state index in [4.69, 9.17) is 13.3 Å². The standard InChI is InChI=1S/C6H13N3O3SSi/c1-10-14(11-2,12-3)5-13-6-7-4-8-9-6/h4H,5H2,1-3H3,(H,7,8,9). The molecule has 0 spiro atoms. The van der Waals surface area contributed by atoms with Crippen molar-refractivity contribution in [2.75, 3.05) is 26.7 Å². The van der Waals surface area contributed by atoms with Crippen molar-refractivity contribution in [1.82, 2.24) is 15.2 Å². The monoisotopic (exact) mass is 235 g/mol. The highest BCUT2D eigenvalue weighted by molar-refractivity contribution is 8.00. The summed E-state index contributed by atoms with van der Waals surface area (Å²) >= 11 is 1.47. The van der Waals surface area contributed by atoms with Gasteiger partial charge in [0.05, 0.1) is 5.38 Å². The van der Waals surface area contributed by atoms with E-state index in [0.29, 0.717) is 5.38 Å². The van der Waals surface area contributed by atoms with E-state index in [1.165, 1.54) is 18.1 Å². The van der Waals surface area contributed by atoms with Gasteiger partial charge in [0.25, 0.3) is 0 Å². The Morgan fingerprint density at radius 1 is 1.36 bits per heavy atom. The zero-order valence-corrected chi connectivity index (χ0v) is 10.1. The highest BCUT2D eigenvalue weighted by Crippen LogP contribution is 2.18. The molecule has 14 heavy (non-hydrogen) atoms. The third kappa shape index (κ3) is 2.79. The fourth-order valence-electron chi connectivity index (χ4n) is 0.847. The van der Waals surface area contributed by atoms with Gasteiger partial charge >= 0.3 is 8.80 Å². The van der Waals surface area contributed by atoms with Crippen molar-refractivity contribution in [1.29, 1.82) is 0 Å². The number of hydrogen-bond acceptors (Lipinski definition) is 6. The lowest BCUT2D eigenvalue weighted by Crippen LogP contribution is -2.46. The van der Waals surface area contributed by atoms with Crippen LogP contribution in [0.5, 0.6) is 0 Å². The number of H-pyrrole nitrogens is 1. The maximum atomic E-state index is 5.25. The molecule has 0 fully saturated rings. The fourth-order valence-corrected chi connectivity index (χ4v) is 4.25. The molecule has 6 nitrogen and oxygen atoms in total. The van der Waals surface area contributed by atoms with E-state index in [1.54, 1.807) is 21.3 Å². The van der Waals surface area contributed by atoms with Crippen molar-refractivity contribution in [2.45, 2.75) is 5.16 Å². The summed E-state index contributed by atoms with van der Waals surface area (Å²) in [6, 6.07) is 0. The van der Waals surface area contributed by atoms with Crippen LogP contribution in [-0.2, 0) is 13.3 Å². The van der Waals surface area contributed by atoms with Crippen LogP contribution in [0.3, 0.4) is 0 Å². The van der Waals surface area contributed by atoms with Gasteiger partial charge in [0, 0.05) is 21.3 Å². The first-order valence-corrected chi connectivity index (χ1v) is 6.81. The van der Waals surface area contributed by atoms with Crippen molar-refractivity contribution in [3.63, 3.8) is 0 Å². The predicted molar refractivity (Wildman–Crippen MR) is 53.9 cm³/mol. The van der Waals surface area contributed by atoms with Crippen molar-refractivity contribution >= 4 is 20.6 Å². The summed E-state index contributed by atoms with van der Waals surface area (Å²) in [5.74, 6) is 0. The van der Waals surface area contributed by atoms with Crippen LogP contribution in [0.4, 0.5) is 0 Å². The van der Waals surface area contributed by atoms with E-state index in [-0.39, 0.29) is 0 Å². The van der Waals surface area contributed by atoms with Gasteiger partial charge in [0.1, 0.15) is 6.33 Å². The van der Waals surface area contributed by atoms with Crippen molar-refractivity contribution < 1.29 is 13.3 Å². The van der Waals surface area contributed by atoms with Gasteiger partial charge in [-0.2, -0.15) is 5.10 Å². The molecule has 0 amide bonds. The van der Waals surface area contributed by atoms with Crippen LogP contribution in [0.2, 0.25) is 0 Å². The quantitative estimate of drug-likeness (QED) is 0.565. The summed E-state index contributed by atoms with van der Waals surface area (Å²) in [6.07, 6.45) is 1.46. The van der Waals surface area contributed by atoms with Crippen molar-refractivity contribution in [2.24, 2.45) is 0 Å². The zero-order valence-electron chi connectivity index (χ0n) is 8.31. The first-order valence-electron chi connectivity index (χ1n) is 3.90. The number of aromatic amines is 1. The van der Waals surface area contributed by atoms with Gasteiger partial charge < -0.3 is 13.3 Å². The maximum absolute atomic E-state index is 5.25. The van der Waals surface area contributed by atoms with E-state index in [1.807, 2.05) is 0 Å². The molecular formula is C6H13N3O3SSi. The Kier molecular flexibility index (Phi) is 4.55. The molecule has 1 aromatic rings. The molecule has 0 radical (unpaired) electrons. The lowest BCUT2D eigenvalue weighted by Gasteiger charge is -2.23. The lowest BCUT2D eigenvalue weighted by atomic mass is 11.3. The second-order valence-electron chi connectivity index (χ2n) is 2.37. The van der Waals surface area contributed by atoms with Crippen LogP contribution >= 0.6 is 11.8 Å². The maximum Gasteiger partial charge on any atom is 0.511 e. The van der Waals surface area contributed by atoms with Crippen LogP contribution in [-0.4, -0.2) is 50.7 Å². The Morgan fingerprint density at radius 3 is 2.43 bits per heavy atom. The summed E-state index contributed by atoms with van der Waals surface area (Å²) < 4.78 is 15.7. The molecule has 0 aromatic carbocycles. The van der Waals surface area contributed by atoms with Crippen molar-refractivity contribution in [3.8, 4) is 0 Å². The normalized spacial score (nSPS) is 11.9. The molecule has 1 heterocycles. The molecule has 1 N–H and O–H groups in total. The molecule has 0 unspecified atom stereocenters. The van der Waals surface area contributed by atoms with Crippen LogP contribution in [0.25, 0.3) is 0 Å². The highest BCUT2D eigenvalue weighted by Gasteiger charge is 2.38. The molecule has 1 aromatic heterocycles. The Morgan fingerprint density at radius 2 is 2.00 bits per heavy atom. The second-order valence-corrected chi connectivity index (χ2v) is 6.80. The number of aromatic nitrogens is 3. The second kappa shape index (κ2) is 5.46. The van der Waals surface area contributed by atoms with E-state index in [0.717, 1.165) is 5.16 Å². The van der Waals surface area contributed by atoms with E-state index >= 15 is 0 Å². The number of thioether (sulfide) groups is 1. The van der Waals surface area contributed by atoms with Gasteiger partial charge in [-0.15, -0.1) is 0 Å². The van der Waals surface area contributed by atoms with Crippen LogP contribution in [0.1, 0.15) is 0 Å². The van der Waals surface area contributed by atoms with Gasteiger partial charge in [-0.05, 0) is 0 Å². The Hall–Kier alpha value is -0.413. The molecule has 80 valence electrons. The summed E-state index contributed by atoms with van der Waals surface area (Å²) in [5, 5.41) is 7.81. The van der Waals surface area contributed by atoms with Gasteiger partial charge in [-0.3, -0.25) is 5.10 Å². The van der Waals surface area contributed by atoms with E-state index in [9.17, 15) is 0 Å². The molecule has 8 heteroatoms. The lowest BCUT2D eigenvalue weighted by molar-refractivity contribution is 0.130. The van der Waals surface area contributed by atoms with Crippen LogP contribution in [0.15, 0.2) is 11.5 Å². The molecule has 0 saturated carbocycles. The molecule has 0 bridgehead atoms. The summed E-state index contributed by atoms with van der Waals surface area (Å²) in [5.41, 5.74) is 0. The van der Waals surface area contributed by atoms with E-state index < -0.39 is 8.80 Å². The SMILES string of the molecule is CO[Si](CSc1ncn[nH]1)(OC)OC. The molecule has 0 aliphatic carbocycles. The van der Waals surface area contributed by atoms with Crippen LogP contribution < -0.4 is 0 Å². The molecule has 0 aliphatic heterocycles. The Bertz CT molecular complexity index is 247. The smallest absolute Gasteiger partial charge is 0.376 e. The Labute approximate surface area is 87.7 Å². The number of rotatable bonds is 6. The number of hydrogen-bond donors (Lipinski definition) is 1. The van der Waals surface area contributed by atoms with Gasteiger partial charge in [0.2, 0.25) is 0 Å². The summed E-state index contributed by atoms with van der Waals surface area (Å²) in [4.78, 5) is 3.97. The first-order chi connectivity index (χ1) is 6.76. The molecule has 0 aliphatic rings. The molecular weight excluding hydrogens is 222 g/mol. The topological polar surface area (TPSA) is 69.3 Å². The average molecular weight is 235 g/mol. The summed E-state index contributed by atoms with van der Waals surface area (Å²) in [6.45, 7) is 0. The van der Waals surface area contributed by atoms with Gasteiger partial charge in [0.15, 0.2) is 5.16 Å². The van der Waals surface area contributed by atoms with Crippen molar-refractivity contribution in [3.05, 3.63) is 6.33 Å². The minimum atomic E-state index is -2.50. The third-order valence-electron chi connectivity index (χ3n) is 1.71. The first kappa shape index (κ1) is 11.7. The average Bonchev–Trinajstić information content (AvgIpc) is 2.74. The Balaban J connectivity index is 2.48. The molecule has 0 saturated heterocycles. The van der Waals surface area contributed by atoms with Crippen LogP contribution in [0, 0.1) is 0 Å². The third-order valence-corrected chi connectivity index (χ3v) is 6.04. The largest absolute Gasteiger partial charge is 0.511 e. The zero-order chi connectivity index (χ0) is 10.4. The number of nitrogens with one attached hydrogen (secondary N) is 1. The summed E-state index contributed by atoms with van der Waals surface area (Å²) in [7, 11) is 2.25. The fraction of sp³-hybridized carbons (Fsp3) is 0.667. The molecule has 1 rings (SSSR count).